The first kappa shape index (κ1) is 17.9. The van der Waals surface area contributed by atoms with E-state index in [2.05, 4.69) is 10.3 Å². The minimum atomic E-state index is -0.450. The molecule has 0 spiro atoms. The molecule has 1 atom stereocenters. The second-order valence-electron chi connectivity index (χ2n) is 6.81. The zero-order valence-corrected chi connectivity index (χ0v) is 15.5. The molecule has 0 bridgehead atoms. The highest BCUT2D eigenvalue weighted by molar-refractivity contribution is 5.85. The van der Waals surface area contributed by atoms with Gasteiger partial charge in [-0.3, -0.25) is 4.79 Å². The van der Waals surface area contributed by atoms with Crippen molar-refractivity contribution in [3.63, 3.8) is 0 Å². The van der Waals surface area contributed by atoms with Crippen molar-refractivity contribution >= 4 is 16.7 Å². The number of rotatable bonds is 5. The Hall–Kier alpha value is -3.47. The maximum absolute atomic E-state index is 13.3. The lowest BCUT2D eigenvalue weighted by Gasteiger charge is -2.19. The summed E-state index contributed by atoms with van der Waals surface area (Å²) in [5, 5.41) is 5.29. The van der Waals surface area contributed by atoms with Crippen LogP contribution in [0.3, 0.4) is 0 Å². The van der Waals surface area contributed by atoms with E-state index in [0.717, 1.165) is 21.9 Å². The number of imidazole rings is 1. The second-order valence-corrected chi connectivity index (χ2v) is 6.81. The number of benzene rings is 3. The molecule has 0 aliphatic rings. The number of aromatic nitrogens is 2. The van der Waals surface area contributed by atoms with E-state index < -0.39 is 6.04 Å². The highest BCUT2D eigenvalue weighted by atomic mass is 19.1. The fourth-order valence-electron chi connectivity index (χ4n) is 3.35. The summed E-state index contributed by atoms with van der Waals surface area (Å²) >= 11 is 0. The number of nitrogens with one attached hydrogen (secondary N) is 1. The van der Waals surface area contributed by atoms with Gasteiger partial charge in [-0.25, -0.2) is 9.37 Å². The minimum absolute atomic E-state index is 0.118. The predicted molar refractivity (Wildman–Crippen MR) is 107 cm³/mol. The molecule has 0 saturated carbocycles. The van der Waals surface area contributed by atoms with Gasteiger partial charge in [-0.05, 0) is 34.0 Å². The average molecular weight is 373 g/mol. The molecule has 0 fully saturated rings. The van der Waals surface area contributed by atoms with Crippen LogP contribution in [0.1, 0.15) is 23.0 Å². The molecule has 0 aliphatic heterocycles. The second kappa shape index (κ2) is 7.64. The van der Waals surface area contributed by atoms with Gasteiger partial charge < -0.3 is 9.88 Å². The maximum Gasteiger partial charge on any atom is 0.225 e. The van der Waals surface area contributed by atoms with Crippen LogP contribution in [0.5, 0.6) is 0 Å². The van der Waals surface area contributed by atoms with Gasteiger partial charge in [-0.1, -0.05) is 54.6 Å². The van der Waals surface area contributed by atoms with Crippen molar-refractivity contribution < 1.29 is 9.18 Å². The van der Waals surface area contributed by atoms with Crippen molar-refractivity contribution in [1.29, 1.82) is 0 Å². The summed E-state index contributed by atoms with van der Waals surface area (Å²) in [6.45, 7) is 0. The van der Waals surface area contributed by atoms with Gasteiger partial charge in [0.25, 0.3) is 0 Å². The van der Waals surface area contributed by atoms with E-state index in [1.54, 1.807) is 18.3 Å². The Labute approximate surface area is 162 Å². The number of fused-ring (bicyclic) bond motifs is 1. The average Bonchev–Trinajstić information content (AvgIpc) is 3.12. The van der Waals surface area contributed by atoms with Gasteiger partial charge >= 0.3 is 0 Å². The van der Waals surface area contributed by atoms with Crippen LogP contribution in [0.4, 0.5) is 4.39 Å². The van der Waals surface area contributed by atoms with Gasteiger partial charge in [0.2, 0.25) is 5.91 Å². The van der Waals surface area contributed by atoms with Gasteiger partial charge in [-0.15, -0.1) is 0 Å². The zero-order chi connectivity index (χ0) is 19.5. The quantitative estimate of drug-likeness (QED) is 0.571. The molecule has 0 unspecified atom stereocenters. The fraction of sp³-hybridized carbons (Fsp3) is 0.130. The van der Waals surface area contributed by atoms with E-state index in [0.29, 0.717) is 5.82 Å². The third-order valence-electron chi connectivity index (χ3n) is 4.80. The minimum Gasteiger partial charge on any atom is -0.342 e. The standard InChI is InChI=1S/C23H20FN3O/c1-27-13-12-25-23(27)22(18-8-10-20(24)11-9-18)26-21(28)15-16-6-7-17-4-2-3-5-19(17)14-16/h2-14,22H,15H2,1H3,(H,26,28)/t22-/m1/s1. The van der Waals surface area contributed by atoms with Crippen LogP contribution in [0.2, 0.25) is 0 Å². The van der Waals surface area contributed by atoms with Crippen LogP contribution in [0.15, 0.2) is 79.1 Å². The smallest absolute Gasteiger partial charge is 0.225 e. The van der Waals surface area contributed by atoms with Crippen LogP contribution in [-0.2, 0) is 18.3 Å². The van der Waals surface area contributed by atoms with E-state index in [1.165, 1.54) is 12.1 Å². The number of aryl methyl sites for hydroxylation is 1. The Bertz CT molecular complexity index is 1120. The molecule has 4 rings (SSSR count). The van der Waals surface area contributed by atoms with Crippen LogP contribution in [-0.4, -0.2) is 15.5 Å². The summed E-state index contributed by atoms with van der Waals surface area (Å²) in [5.74, 6) is 0.260. The Morgan fingerprint density at radius 3 is 2.54 bits per heavy atom. The number of nitrogens with zero attached hydrogens (tertiary/aromatic N) is 2. The number of hydrogen-bond donors (Lipinski definition) is 1. The van der Waals surface area contributed by atoms with Crippen molar-refractivity contribution in [3.05, 3.63) is 102 Å². The van der Waals surface area contributed by atoms with Crippen molar-refractivity contribution in [2.24, 2.45) is 7.05 Å². The first-order valence-corrected chi connectivity index (χ1v) is 9.10. The van der Waals surface area contributed by atoms with E-state index >= 15 is 0 Å². The van der Waals surface area contributed by atoms with Gasteiger partial charge in [0.1, 0.15) is 17.7 Å². The molecule has 140 valence electrons. The SMILES string of the molecule is Cn1ccnc1[C@H](NC(=O)Cc1ccc2ccccc2c1)c1ccc(F)cc1. The number of halogens is 1. The molecule has 1 amide bonds. The molecular weight excluding hydrogens is 353 g/mol. The molecule has 0 saturated heterocycles. The molecule has 0 aliphatic carbocycles. The first-order chi connectivity index (χ1) is 13.6. The van der Waals surface area contributed by atoms with Gasteiger partial charge in [0.15, 0.2) is 0 Å². The van der Waals surface area contributed by atoms with Crippen molar-refractivity contribution in [2.75, 3.05) is 0 Å². The molecule has 28 heavy (non-hydrogen) atoms. The maximum atomic E-state index is 13.3. The summed E-state index contributed by atoms with van der Waals surface area (Å²) < 4.78 is 15.2. The Morgan fingerprint density at radius 1 is 1.07 bits per heavy atom. The summed E-state index contributed by atoms with van der Waals surface area (Å²) in [6, 6.07) is 19.8. The summed E-state index contributed by atoms with van der Waals surface area (Å²) in [5.41, 5.74) is 1.72. The van der Waals surface area contributed by atoms with E-state index in [9.17, 15) is 9.18 Å². The molecular formula is C23H20FN3O. The Morgan fingerprint density at radius 2 is 1.82 bits per heavy atom. The first-order valence-electron chi connectivity index (χ1n) is 9.10. The van der Waals surface area contributed by atoms with Crippen LogP contribution in [0.25, 0.3) is 10.8 Å². The van der Waals surface area contributed by atoms with Gasteiger partial charge in [0.05, 0.1) is 6.42 Å². The highest BCUT2D eigenvalue weighted by Gasteiger charge is 2.21. The molecule has 1 heterocycles. The van der Waals surface area contributed by atoms with Crippen LogP contribution in [0, 0.1) is 5.82 Å². The monoisotopic (exact) mass is 373 g/mol. The topological polar surface area (TPSA) is 46.9 Å². The van der Waals surface area contributed by atoms with Crippen LogP contribution >= 0.6 is 0 Å². The summed E-state index contributed by atoms with van der Waals surface area (Å²) in [4.78, 5) is 17.2. The molecule has 1 aromatic heterocycles. The van der Waals surface area contributed by atoms with E-state index in [-0.39, 0.29) is 18.1 Å². The third kappa shape index (κ3) is 3.78. The fourth-order valence-corrected chi connectivity index (χ4v) is 3.35. The lowest BCUT2D eigenvalue weighted by molar-refractivity contribution is -0.121. The normalized spacial score (nSPS) is 12.1. The highest BCUT2D eigenvalue weighted by Crippen LogP contribution is 2.22. The van der Waals surface area contributed by atoms with Crippen molar-refractivity contribution in [2.45, 2.75) is 12.5 Å². The number of carbonyl (C=O) groups excluding carboxylic acids is 1. The molecule has 4 nitrogen and oxygen atoms in total. The number of amides is 1. The largest absolute Gasteiger partial charge is 0.342 e. The lowest BCUT2D eigenvalue weighted by Crippen LogP contribution is -2.32. The van der Waals surface area contributed by atoms with Crippen LogP contribution < -0.4 is 5.32 Å². The van der Waals surface area contributed by atoms with Crippen molar-refractivity contribution in [3.8, 4) is 0 Å². The number of hydrogen-bond acceptors (Lipinski definition) is 2. The Balaban J connectivity index is 1.58. The number of carbonyl (C=O) groups is 1. The molecule has 1 N–H and O–H groups in total. The molecule has 4 aromatic rings. The summed E-state index contributed by atoms with van der Waals surface area (Å²) in [7, 11) is 1.87. The molecule has 5 heteroatoms. The molecule has 3 aromatic carbocycles. The third-order valence-corrected chi connectivity index (χ3v) is 4.80. The van der Waals surface area contributed by atoms with E-state index in [1.807, 2.05) is 60.3 Å². The Kier molecular flexibility index (Phi) is 4.89. The molecule has 0 radical (unpaired) electrons. The predicted octanol–water partition coefficient (Wildman–Crippen LogP) is 4.16. The van der Waals surface area contributed by atoms with E-state index in [4.69, 9.17) is 0 Å². The van der Waals surface area contributed by atoms with Gasteiger partial charge in [0, 0.05) is 19.4 Å². The lowest BCUT2D eigenvalue weighted by atomic mass is 10.0. The zero-order valence-electron chi connectivity index (χ0n) is 15.5. The van der Waals surface area contributed by atoms with Crippen molar-refractivity contribution in [1.82, 2.24) is 14.9 Å². The van der Waals surface area contributed by atoms with Gasteiger partial charge in [-0.2, -0.15) is 0 Å². The summed E-state index contributed by atoms with van der Waals surface area (Å²) in [6.07, 6.45) is 3.76.